The predicted molar refractivity (Wildman–Crippen MR) is 61.0 cm³/mol. The molecule has 92 valence electrons. The SMILES string of the molecule is CC(C)(C)C(=O)CNC(=O)c1cncc(F)c1. The number of amides is 1. The quantitative estimate of drug-likeness (QED) is 0.869. The van der Waals surface area contributed by atoms with Crippen LogP contribution >= 0.6 is 0 Å². The first-order chi connectivity index (χ1) is 7.80. The molecule has 0 saturated heterocycles. The van der Waals surface area contributed by atoms with Gasteiger partial charge in [0.25, 0.3) is 5.91 Å². The van der Waals surface area contributed by atoms with Gasteiger partial charge in [0.1, 0.15) is 5.82 Å². The van der Waals surface area contributed by atoms with Gasteiger partial charge in [-0.05, 0) is 6.07 Å². The van der Waals surface area contributed by atoms with E-state index in [1.165, 1.54) is 6.20 Å². The maximum absolute atomic E-state index is 12.8. The fourth-order valence-electron chi connectivity index (χ4n) is 1.06. The zero-order chi connectivity index (χ0) is 13.1. The number of halogens is 1. The lowest BCUT2D eigenvalue weighted by molar-refractivity contribution is -0.125. The number of pyridine rings is 1. The molecule has 1 N–H and O–H groups in total. The summed E-state index contributed by atoms with van der Waals surface area (Å²) in [5.74, 6) is -1.18. The summed E-state index contributed by atoms with van der Waals surface area (Å²) >= 11 is 0. The minimum atomic E-state index is -0.584. The molecule has 0 atom stereocenters. The van der Waals surface area contributed by atoms with E-state index in [1.807, 2.05) is 0 Å². The zero-order valence-electron chi connectivity index (χ0n) is 10.1. The van der Waals surface area contributed by atoms with Crippen LogP contribution in [0.1, 0.15) is 31.1 Å². The van der Waals surface area contributed by atoms with Crippen molar-refractivity contribution in [2.45, 2.75) is 20.8 Å². The van der Waals surface area contributed by atoms with Crippen molar-refractivity contribution >= 4 is 11.7 Å². The Morgan fingerprint density at radius 3 is 2.53 bits per heavy atom. The smallest absolute Gasteiger partial charge is 0.253 e. The van der Waals surface area contributed by atoms with Crippen molar-refractivity contribution in [1.82, 2.24) is 10.3 Å². The van der Waals surface area contributed by atoms with E-state index in [1.54, 1.807) is 20.8 Å². The standard InChI is InChI=1S/C12H15FN2O2/c1-12(2,3)10(16)7-15-11(17)8-4-9(13)6-14-5-8/h4-6H,7H2,1-3H3,(H,15,17). The normalized spacial score (nSPS) is 11.1. The Morgan fingerprint density at radius 2 is 2.00 bits per heavy atom. The largest absolute Gasteiger partial charge is 0.345 e. The molecule has 0 unspecified atom stereocenters. The van der Waals surface area contributed by atoms with E-state index < -0.39 is 17.1 Å². The van der Waals surface area contributed by atoms with Crippen LogP contribution in [-0.4, -0.2) is 23.2 Å². The van der Waals surface area contributed by atoms with Gasteiger partial charge in [0.15, 0.2) is 5.78 Å². The average molecular weight is 238 g/mol. The van der Waals surface area contributed by atoms with Gasteiger partial charge in [-0.25, -0.2) is 4.39 Å². The number of carbonyl (C=O) groups excluding carboxylic acids is 2. The Hall–Kier alpha value is -1.78. The summed E-state index contributed by atoms with van der Waals surface area (Å²) in [7, 11) is 0. The second kappa shape index (κ2) is 5.03. The van der Waals surface area contributed by atoms with Crippen LogP contribution in [0.4, 0.5) is 4.39 Å². The molecule has 0 aromatic carbocycles. The molecule has 0 saturated carbocycles. The van der Waals surface area contributed by atoms with Crippen molar-refractivity contribution in [1.29, 1.82) is 0 Å². The monoisotopic (exact) mass is 238 g/mol. The van der Waals surface area contributed by atoms with Gasteiger partial charge >= 0.3 is 0 Å². The summed E-state index contributed by atoms with van der Waals surface area (Å²) in [6.07, 6.45) is 2.26. The first-order valence-corrected chi connectivity index (χ1v) is 5.23. The summed E-state index contributed by atoms with van der Waals surface area (Å²) in [5.41, 5.74) is -0.403. The Morgan fingerprint density at radius 1 is 1.35 bits per heavy atom. The molecular weight excluding hydrogens is 223 g/mol. The fraction of sp³-hybridized carbons (Fsp3) is 0.417. The van der Waals surface area contributed by atoms with E-state index in [0.29, 0.717) is 0 Å². The van der Waals surface area contributed by atoms with Crippen molar-refractivity contribution in [3.05, 3.63) is 29.8 Å². The molecule has 1 rings (SSSR count). The molecule has 0 aliphatic heterocycles. The molecule has 0 aliphatic carbocycles. The van der Waals surface area contributed by atoms with Gasteiger partial charge in [-0.3, -0.25) is 14.6 Å². The topological polar surface area (TPSA) is 59.1 Å². The average Bonchev–Trinajstić information content (AvgIpc) is 2.24. The first-order valence-electron chi connectivity index (χ1n) is 5.23. The third kappa shape index (κ3) is 3.94. The lowest BCUT2D eigenvalue weighted by Crippen LogP contribution is -2.35. The molecule has 17 heavy (non-hydrogen) atoms. The number of hydrogen-bond donors (Lipinski definition) is 1. The van der Waals surface area contributed by atoms with Crippen LogP contribution in [0.15, 0.2) is 18.5 Å². The molecule has 0 bridgehead atoms. The van der Waals surface area contributed by atoms with E-state index in [-0.39, 0.29) is 17.9 Å². The van der Waals surface area contributed by atoms with E-state index in [9.17, 15) is 14.0 Å². The van der Waals surface area contributed by atoms with Crippen LogP contribution in [-0.2, 0) is 4.79 Å². The van der Waals surface area contributed by atoms with Crippen LogP contribution < -0.4 is 5.32 Å². The number of hydrogen-bond acceptors (Lipinski definition) is 3. The molecule has 1 heterocycles. The third-order valence-electron chi connectivity index (χ3n) is 2.21. The number of Topliss-reactive ketones (excluding diaryl/α,β-unsaturated/α-hetero) is 1. The second-order valence-electron chi connectivity index (χ2n) is 4.75. The summed E-state index contributed by atoms with van der Waals surface area (Å²) in [4.78, 5) is 26.7. The highest BCUT2D eigenvalue weighted by Gasteiger charge is 2.21. The second-order valence-corrected chi connectivity index (χ2v) is 4.75. The molecule has 1 amide bonds. The highest BCUT2D eigenvalue weighted by atomic mass is 19.1. The van der Waals surface area contributed by atoms with Gasteiger partial charge in [0.05, 0.1) is 18.3 Å². The van der Waals surface area contributed by atoms with Gasteiger partial charge in [0, 0.05) is 11.6 Å². The number of ketones is 1. The van der Waals surface area contributed by atoms with Crippen LogP contribution in [0.5, 0.6) is 0 Å². The van der Waals surface area contributed by atoms with Gasteiger partial charge < -0.3 is 5.32 Å². The van der Waals surface area contributed by atoms with E-state index in [2.05, 4.69) is 10.3 Å². The van der Waals surface area contributed by atoms with Crippen molar-refractivity contribution in [3.8, 4) is 0 Å². The van der Waals surface area contributed by atoms with E-state index in [0.717, 1.165) is 12.3 Å². The molecule has 1 aromatic rings. The number of rotatable bonds is 3. The molecular formula is C12H15FN2O2. The molecule has 0 aliphatic rings. The summed E-state index contributed by atoms with van der Waals surface area (Å²) < 4.78 is 12.8. The van der Waals surface area contributed by atoms with Crippen LogP contribution in [0.2, 0.25) is 0 Å². The lowest BCUT2D eigenvalue weighted by atomic mass is 9.91. The number of aromatic nitrogens is 1. The number of nitrogens with zero attached hydrogens (tertiary/aromatic N) is 1. The van der Waals surface area contributed by atoms with Crippen LogP contribution in [0.25, 0.3) is 0 Å². The lowest BCUT2D eigenvalue weighted by Gasteiger charge is -2.16. The minimum absolute atomic E-state index is 0.0706. The van der Waals surface area contributed by atoms with E-state index in [4.69, 9.17) is 0 Å². The molecule has 0 fully saturated rings. The maximum atomic E-state index is 12.8. The van der Waals surface area contributed by atoms with Gasteiger partial charge in [-0.15, -0.1) is 0 Å². The minimum Gasteiger partial charge on any atom is -0.345 e. The summed E-state index contributed by atoms with van der Waals surface area (Å²) in [6, 6.07) is 1.07. The number of nitrogens with one attached hydrogen (secondary N) is 1. The highest BCUT2D eigenvalue weighted by Crippen LogP contribution is 2.13. The summed E-state index contributed by atoms with van der Waals surface area (Å²) in [6.45, 7) is 5.24. The Labute approximate surface area is 99.2 Å². The Balaban J connectivity index is 2.60. The molecule has 4 nitrogen and oxygen atoms in total. The first kappa shape index (κ1) is 13.3. The maximum Gasteiger partial charge on any atom is 0.253 e. The zero-order valence-corrected chi connectivity index (χ0v) is 10.1. The predicted octanol–water partition coefficient (Wildman–Crippen LogP) is 1.57. The third-order valence-corrected chi connectivity index (χ3v) is 2.21. The van der Waals surface area contributed by atoms with Crippen molar-refractivity contribution in [3.63, 3.8) is 0 Å². The van der Waals surface area contributed by atoms with Crippen LogP contribution in [0.3, 0.4) is 0 Å². The Bertz CT molecular complexity index is 438. The molecule has 5 heteroatoms. The molecule has 0 spiro atoms. The summed E-state index contributed by atoms with van der Waals surface area (Å²) in [5, 5.41) is 2.44. The highest BCUT2D eigenvalue weighted by molar-refractivity contribution is 5.97. The van der Waals surface area contributed by atoms with Crippen LogP contribution in [0, 0.1) is 11.2 Å². The fourth-order valence-corrected chi connectivity index (χ4v) is 1.06. The molecule has 1 aromatic heterocycles. The van der Waals surface area contributed by atoms with Crippen molar-refractivity contribution < 1.29 is 14.0 Å². The van der Waals surface area contributed by atoms with Gasteiger partial charge in [-0.1, -0.05) is 20.8 Å². The van der Waals surface area contributed by atoms with Crippen molar-refractivity contribution in [2.24, 2.45) is 5.41 Å². The number of carbonyl (C=O) groups is 2. The van der Waals surface area contributed by atoms with E-state index >= 15 is 0 Å². The van der Waals surface area contributed by atoms with Gasteiger partial charge in [-0.2, -0.15) is 0 Å². The Kier molecular flexibility index (Phi) is 3.93. The van der Waals surface area contributed by atoms with Gasteiger partial charge in [0.2, 0.25) is 0 Å². The molecule has 0 radical (unpaired) electrons. The van der Waals surface area contributed by atoms with Crippen molar-refractivity contribution in [2.75, 3.05) is 6.54 Å².